The van der Waals surface area contributed by atoms with Gasteiger partial charge in [-0.1, -0.05) is 37.3 Å². The molecule has 0 amide bonds. The molecule has 2 rings (SSSR count). The molecule has 2 N–H and O–H groups in total. The van der Waals surface area contributed by atoms with E-state index in [9.17, 15) is 0 Å². The zero-order valence-corrected chi connectivity index (χ0v) is 13.2. The highest BCUT2D eigenvalue weighted by molar-refractivity contribution is 5.26. The zero-order valence-electron chi connectivity index (χ0n) is 13.2. The summed E-state index contributed by atoms with van der Waals surface area (Å²) in [5.41, 5.74) is 9.97. The fourth-order valence-electron chi connectivity index (χ4n) is 2.75. The molecule has 0 saturated heterocycles. The van der Waals surface area contributed by atoms with Gasteiger partial charge in [0.25, 0.3) is 0 Å². The predicted octanol–water partition coefficient (Wildman–Crippen LogP) is 3.30. The van der Waals surface area contributed by atoms with E-state index >= 15 is 0 Å². The molecule has 1 heterocycles. The molecule has 0 radical (unpaired) electrons. The van der Waals surface area contributed by atoms with Crippen molar-refractivity contribution in [3.05, 3.63) is 65.5 Å². The van der Waals surface area contributed by atoms with E-state index in [0.29, 0.717) is 0 Å². The number of likely N-dealkylation sites (N-methyl/N-ethyl adjacent to an activating group) is 1. The van der Waals surface area contributed by atoms with Gasteiger partial charge in [-0.15, -0.1) is 0 Å². The van der Waals surface area contributed by atoms with Crippen molar-refractivity contribution in [1.82, 2.24) is 9.88 Å². The molecule has 0 bridgehead atoms. The number of hydrogen-bond donors (Lipinski definition) is 1. The van der Waals surface area contributed by atoms with Crippen LogP contribution in [0.4, 0.5) is 0 Å². The molecule has 0 aliphatic heterocycles. The molecule has 3 heteroatoms. The lowest BCUT2D eigenvalue weighted by Crippen LogP contribution is -2.39. The summed E-state index contributed by atoms with van der Waals surface area (Å²) in [5, 5.41) is 0. The van der Waals surface area contributed by atoms with E-state index < -0.39 is 0 Å². The molecule has 21 heavy (non-hydrogen) atoms. The third kappa shape index (κ3) is 3.90. The molecule has 2 atom stereocenters. The highest BCUT2D eigenvalue weighted by Gasteiger charge is 2.24. The van der Waals surface area contributed by atoms with Gasteiger partial charge in [-0.2, -0.15) is 0 Å². The quantitative estimate of drug-likeness (QED) is 0.884. The summed E-state index contributed by atoms with van der Waals surface area (Å²) in [4.78, 5) is 6.91. The van der Waals surface area contributed by atoms with Crippen LogP contribution < -0.4 is 5.73 Å². The van der Waals surface area contributed by atoms with Crippen LogP contribution in [0, 0.1) is 6.92 Å². The van der Waals surface area contributed by atoms with Crippen molar-refractivity contribution in [2.75, 3.05) is 6.54 Å². The lowest BCUT2D eigenvalue weighted by molar-refractivity contribution is 0.173. The number of aryl methyl sites for hydroxylation is 1. The summed E-state index contributed by atoms with van der Waals surface area (Å²) in [6.07, 6.45) is 1.84. The van der Waals surface area contributed by atoms with Crippen molar-refractivity contribution in [2.45, 2.75) is 39.4 Å². The lowest BCUT2D eigenvalue weighted by atomic mass is 10.0. The van der Waals surface area contributed by atoms with Gasteiger partial charge in [0.15, 0.2) is 0 Å². The molecule has 0 spiro atoms. The highest BCUT2D eigenvalue weighted by Crippen LogP contribution is 2.24. The molecular formula is C18H25N3. The first-order valence-corrected chi connectivity index (χ1v) is 7.58. The number of nitrogens with zero attached hydrogens (tertiary/aromatic N) is 2. The Labute approximate surface area is 127 Å². The minimum absolute atomic E-state index is 0.0314. The van der Waals surface area contributed by atoms with E-state index in [1.54, 1.807) is 0 Å². The van der Waals surface area contributed by atoms with Crippen LogP contribution in [0.25, 0.3) is 0 Å². The molecule has 0 saturated carbocycles. The first-order valence-electron chi connectivity index (χ1n) is 7.58. The summed E-state index contributed by atoms with van der Waals surface area (Å²) in [6.45, 7) is 8.23. The van der Waals surface area contributed by atoms with Gasteiger partial charge in [-0.25, -0.2) is 0 Å². The largest absolute Gasteiger partial charge is 0.326 e. The van der Waals surface area contributed by atoms with Gasteiger partial charge in [0.1, 0.15) is 0 Å². The second-order valence-electron chi connectivity index (χ2n) is 5.55. The Morgan fingerprint density at radius 1 is 1.14 bits per heavy atom. The molecule has 112 valence electrons. The SMILES string of the molecule is CCN(Cc1ccccc1C)C(c1ccccn1)C(C)N. The second kappa shape index (κ2) is 7.34. The average Bonchev–Trinajstić information content (AvgIpc) is 2.49. The Bertz CT molecular complexity index is 551. The molecule has 2 aromatic rings. The number of pyridine rings is 1. The smallest absolute Gasteiger partial charge is 0.0673 e. The Morgan fingerprint density at radius 2 is 1.86 bits per heavy atom. The molecule has 1 aromatic heterocycles. The van der Waals surface area contributed by atoms with E-state index in [1.165, 1.54) is 11.1 Å². The Morgan fingerprint density at radius 3 is 2.43 bits per heavy atom. The van der Waals surface area contributed by atoms with Gasteiger partial charge < -0.3 is 5.73 Å². The van der Waals surface area contributed by atoms with Crippen LogP contribution in [0.3, 0.4) is 0 Å². The Kier molecular flexibility index (Phi) is 5.48. The van der Waals surface area contributed by atoms with Crippen LogP contribution in [0.5, 0.6) is 0 Å². The summed E-state index contributed by atoms with van der Waals surface area (Å²) in [5.74, 6) is 0. The van der Waals surface area contributed by atoms with Crippen molar-refractivity contribution in [3.8, 4) is 0 Å². The molecule has 0 aliphatic carbocycles. The topological polar surface area (TPSA) is 42.2 Å². The fourth-order valence-corrected chi connectivity index (χ4v) is 2.75. The van der Waals surface area contributed by atoms with Gasteiger partial charge in [-0.05, 0) is 43.7 Å². The van der Waals surface area contributed by atoms with Crippen LogP contribution >= 0.6 is 0 Å². The van der Waals surface area contributed by atoms with Gasteiger partial charge in [-0.3, -0.25) is 9.88 Å². The van der Waals surface area contributed by atoms with Crippen LogP contribution in [-0.4, -0.2) is 22.5 Å². The third-order valence-electron chi connectivity index (χ3n) is 3.92. The number of aromatic nitrogens is 1. The maximum atomic E-state index is 6.26. The fraction of sp³-hybridized carbons (Fsp3) is 0.389. The van der Waals surface area contributed by atoms with Crippen molar-refractivity contribution < 1.29 is 0 Å². The normalized spacial score (nSPS) is 14.1. The number of nitrogens with two attached hydrogens (primary N) is 1. The second-order valence-corrected chi connectivity index (χ2v) is 5.55. The summed E-state index contributed by atoms with van der Waals surface area (Å²) in [6, 6.07) is 14.7. The van der Waals surface area contributed by atoms with Crippen molar-refractivity contribution in [2.24, 2.45) is 5.73 Å². The first-order chi connectivity index (χ1) is 10.1. The summed E-state index contributed by atoms with van der Waals surface area (Å²) < 4.78 is 0. The highest BCUT2D eigenvalue weighted by atomic mass is 15.2. The number of hydrogen-bond acceptors (Lipinski definition) is 3. The molecule has 2 unspecified atom stereocenters. The molecule has 3 nitrogen and oxygen atoms in total. The van der Waals surface area contributed by atoms with Crippen LogP contribution in [-0.2, 0) is 6.54 Å². The van der Waals surface area contributed by atoms with Crippen molar-refractivity contribution in [3.63, 3.8) is 0 Å². The molecular weight excluding hydrogens is 258 g/mol. The minimum Gasteiger partial charge on any atom is -0.326 e. The van der Waals surface area contributed by atoms with Crippen molar-refractivity contribution >= 4 is 0 Å². The molecule has 0 fully saturated rings. The van der Waals surface area contributed by atoms with Gasteiger partial charge >= 0.3 is 0 Å². The van der Waals surface area contributed by atoms with E-state index in [1.807, 2.05) is 18.3 Å². The zero-order chi connectivity index (χ0) is 15.2. The van der Waals surface area contributed by atoms with E-state index in [-0.39, 0.29) is 12.1 Å². The lowest BCUT2D eigenvalue weighted by Gasteiger charge is -2.33. The maximum Gasteiger partial charge on any atom is 0.0673 e. The van der Waals surface area contributed by atoms with E-state index in [2.05, 4.69) is 61.0 Å². The Hall–Kier alpha value is -1.71. The third-order valence-corrected chi connectivity index (χ3v) is 3.92. The summed E-state index contributed by atoms with van der Waals surface area (Å²) >= 11 is 0. The van der Waals surface area contributed by atoms with Gasteiger partial charge in [0.2, 0.25) is 0 Å². The summed E-state index contributed by atoms with van der Waals surface area (Å²) in [7, 11) is 0. The van der Waals surface area contributed by atoms with Gasteiger partial charge in [0.05, 0.1) is 11.7 Å². The van der Waals surface area contributed by atoms with E-state index in [0.717, 1.165) is 18.8 Å². The maximum absolute atomic E-state index is 6.26. The predicted molar refractivity (Wildman–Crippen MR) is 87.9 cm³/mol. The number of benzene rings is 1. The minimum atomic E-state index is 0.0314. The van der Waals surface area contributed by atoms with Crippen LogP contribution in [0.15, 0.2) is 48.7 Å². The monoisotopic (exact) mass is 283 g/mol. The number of rotatable bonds is 6. The standard InChI is InChI=1S/C18H25N3/c1-4-21(13-16-10-6-5-9-14(16)2)18(15(3)19)17-11-7-8-12-20-17/h5-12,15,18H,4,13,19H2,1-3H3. The molecule has 1 aromatic carbocycles. The van der Waals surface area contributed by atoms with E-state index in [4.69, 9.17) is 5.73 Å². The Balaban J connectivity index is 2.27. The van der Waals surface area contributed by atoms with Gasteiger partial charge in [0, 0.05) is 18.8 Å². The van der Waals surface area contributed by atoms with Crippen molar-refractivity contribution in [1.29, 1.82) is 0 Å². The average molecular weight is 283 g/mol. The van der Waals surface area contributed by atoms with Crippen LogP contribution in [0.2, 0.25) is 0 Å². The van der Waals surface area contributed by atoms with Crippen LogP contribution in [0.1, 0.15) is 36.7 Å². The molecule has 0 aliphatic rings. The first kappa shape index (κ1) is 15.7.